The SMILES string of the molecule is CC(C)=CC(=O)NC(CCc1ccccc1)C(=O)O. The Balaban J connectivity index is 2.57. The van der Waals surface area contributed by atoms with Crippen molar-refractivity contribution in [2.24, 2.45) is 0 Å². The Morgan fingerprint density at radius 2 is 1.89 bits per heavy atom. The lowest BCUT2D eigenvalue weighted by atomic mass is 10.1. The number of rotatable bonds is 6. The van der Waals surface area contributed by atoms with Crippen LogP contribution in [0, 0.1) is 0 Å². The lowest BCUT2D eigenvalue weighted by molar-refractivity contribution is -0.141. The fourth-order valence-electron chi connectivity index (χ4n) is 1.69. The first kappa shape index (κ1) is 15.0. The minimum absolute atomic E-state index is 0.361. The summed E-state index contributed by atoms with van der Waals surface area (Å²) in [4.78, 5) is 22.6. The van der Waals surface area contributed by atoms with Crippen molar-refractivity contribution in [3.8, 4) is 0 Å². The van der Waals surface area contributed by atoms with Crippen molar-refractivity contribution in [2.45, 2.75) is 32.7 Å². The zero-order valence-electron chi connectivity index (χ0n) is 11.2. The number of hydrogen-bond acceptors (Lipinski definition) is 2. The van der Waals surface area contributed by atoms with Gasteiger partial charge in [-0.2, -0.15) is 0 Å². The van der Waals surface area contributed by atoms with Crippen molar-refractivity contribution in [1.29, 1.82) is 0 Å². The summed E-state index contributed by atoms with van der Waals surface area (Å²) in [6, 6.07) is 8.76. The predicted molar refractivity (Wildman–Crippen MR) is 73.8 cm³/mol. The number of allylic oxidation sites excluding steroid dienone is 1. The smallest absolute Gasteiger partial charge is 0.326 e. The average Bonchev–Trinajstić information content (AvgIpc) is 2.34. The zero-order chi connectivity index (χ0) is 14.3. The monoisotopic (exact) mass is 261 g/mol. The summed E-state index contributed by atoms with van der Waals surface area (Å²) < 4.78 is 0. The molecule has 0 aliphatic heterocycles. The third-order valence-electron chi connectivity index (χ3n) is 2.60. The van der Waals surface area contributed by atoms with Crippen molar-refractivity contribution in [2.75, 3.05) is 0 Å². The first-order chi connectivity index (χ1) is 8.99. The van der Waals surface area contributed by atoms with Gasteiger partial charge in [0.2, 0.25) is 5.91 Å². The molecule has 0 saturated carbocycles. The number of aryl methyl sites for hydroxylation is 1. The van der Waals surface area contributed by atoms with E-state index >= 15 is 0 Å². The molecule has 2 N–H and O–H groups in total. The summed E-state index contributed by atoms with van der Waals surface area (Å²) in [6.07, 6.45) is 2.40. The van der Waals surface area contributed by atoms with Crippen molar-refractivity contribution in [3.05, 3.63) is 47.5 Å². The number of amides is 1. The summed E-state index contributed by atoms with van der Waals surface area (Å²) in [6.45, 7) is 3.58. The van der Waals surface area contributed by atoms with Crippen LogP contribution in [0.1, 0.15) is 25.8 Å². The van der Waals surface area contributed by atoms with Gasteiger partial charge in [-0.15, -0.1) is 0 Å². The van der Waals surface area contributed by atoms with Crippen molar-refractivity contribution < 1.29 is 14.7 Å². The molecule has 0 bridgehead atoms. The van der Waals surface area contributed by atoms with Gasteiger partial charge in [-0.25, -0.2) is 4.79 Å². The maximum Gasteiger partial charge on any atom is 0.326 e. The summed E-state index contributed by atoms with van der Waals surface area (Å²) in [5.41, 5.74) is 1.90. The van der Waals surface area contributed by atoms with E-state index in [1.165, 1.54) is 6.08 Å². The first-order valence-corrected chi connectivity index (χ1v) is 6.21. The zero-order valence-corrected chi connectivity index (χ0v) is 11.2. The molecule has 0 radical (unpaired) electrons. The highest BCUT2D eigenvalue weighted by molar-refractivity contribution is 5.91. The van der Waals surface area contributed by atoms with E-state index < -0.39 is 12.0 Å². The van der Waals surface area contributed by atoms with Crippen LogP contribution >= 0.6 is 0 Å². The van der Waals surface area contributed by atoms with Crippen LogP contribution in [-0.4, -0.2) is 23.0 Å². The third-order valence-corrected chi connectivity index (χ3v) is 2.60. The second-order valence-electron chi connectivity index (χ2n) is 4.65. The van der Waals surface area contributed by atoms with Gasteiger partial charge in [0, 0.05) is 6.08 Å². The molecule has 0 fully saturated rings. The fraction of sp³-hybridized carbons (Fsp3) is 0.333. The van der Waals surface area contributed by atoms with Gasteiger partial charge in [-0.05, 0) is 32.3 Å². The molecule has 1 aromatic carbocycles. The highest BCUT2D eigenvalue weighted by Gasteiger charge is 2.18. The minimum atomic E-state index is -1.01. The Bertz CT molecular complexity index is 462. The Hall–Kier alpha value is -2.10. The van der Waals surface area contributed by atoms with Crippen LogP contribution in [0.25, 0.3) is 0 Å². The lowest BCUT2D eigenvalue weighted by Crippen LogP contribution is -2.40. The van der Waals surface area contributed by atoms with Gasteiger partial charge in [0.1, 0.15) is 6.04 Å². The van der Waals surface area contributed by atoms with E-state index in [0.29, 0.717) is 12.8 Å². The minimum Gasteiger partial charge on any atom is -0.480 e. The maximum atomic E-state index is 11.5. The molecular formula is C15H19NO3. The van der Waals surface area contributed by atoms with Gasteiger partial charge in [-0.3, -0.25) is 4.79 Å². The van der Waals surface area contributed by atoms with Crippen LogP contribution in [0.15, 0.2) is 42.0 Å². The molecule has 1 atom stereocenters. The van der Waals surface area contributed by atoms with Gasteiger partial charge in [0.05, 0.1) is 0 Å². The normalized spacial score (nSPS) is 11.5. The van der Waals surface area contributed by atoms with Crippen LogP contribution in [-0.2, 0) is 16.0 Å². The molecule has 0 heterocycles. The number of carbonyl (C=O) groups excluding carboxylic acids is 1. The molecule has 4 nitrogen and oxygen atoms in total. The van der Waals surface area contributed by atoms with Crippen molar-refractivity contribution in [1.82, 2.24) is 5.32 Å². The van der Waals surface area contributed by atoms with Gasteiger partial charge in [0.15, 0.2) is 0 Å². The predicted octanol–water partition coefficient (Wildman–Crippen LogP) is 2.15. The van der Waals surface area contributed by atoms with E-state index in [-0.39, 0.29) is 5.91 Å². The van der Waals surface area contributed by atoms with Gasteiger partial charge in [0.25, 0.3) is 0 Å². The molecule has 0 saturated heterocycles. The lowest BCUT2D eigenvalue weighted by Gasteiger charge is -2.13. The summed E-state index contributed by atoms with van der Waals surface area (Å²) in [5.74, 6) is -1.37. The largest absolute Gasteiger partial charge is 0.480 e. The van der Waals surface area contributed by atoms with E-state index in [0.717, 1.165) is 11.1 Å². The van der Waals surface area contributed by atoms with E-state index in [9.17, 15) is 9.59 Å². The first-order valence-electron chi connectivity index (χ1n) is 6.21. The summed E-state index contributed by atoms with van der Waals surface area (Å²) >= 11 is 0. The highest BCUT2D eigenvalue weighted by atomic mass is 16.4. The molecule has 1 unspecified atom stereocenters. The third kappa shape index (κ3) is 5.86. The number of hydrogen-bond donors (Lipinski definition) is 2. The van der Waals surface area contributed by atoms with Crippen LogP contribution in [0.3, 0.4) is 0 Å². The molecule has 1 rings (SSSR count). The molecule has 102 valence electrons. The highest BCUT2D eigenvalue weighted by Crippen LogP contribution is 2.05. The fourth-order valence-corrected chi connectivity index (χ4v) is 1.69. The molecule has 0 aliphatic carbocycles. The van der Waals surface area contributed by atoms with E-state index in [4.69, 9.17) is 5.11 Å². The van der Waals surface area contributed by atoms with Crippen LogP contribution in [0.4, 0.5) is 0 Å². The molecule has 4 heteroatoms. The number of carboxylic acids is 1. The van der Waals surface area contributed by atoms with E-state index in [1.54, 1.807) is 13.8 Å². The van der Waals surface area contributed by atoms with Crippen LogP contribution in [0.2, 0.25) is 0 Å². The molecule has 1 aromatic rings. The summed E-state index contributed by atoms with van der Waals surface area (Å²) in [7, 11) is 0. The number of aliphatic carboxylic acids is 1. The number of nitrogens with one attached hydrogen (secondary N) is 1. The topological polar surface area (TPSA) is 66.4 Å². The molecular weight excluding hydrogens is 242 g/mol. The Morgan fingerprint density at radius 1 is 1.26 bits per heavy atom. The second kappa shape index (κ2) is 7.36. The Kier molecular flexibility index (Phi) is 5.79. The number of benzene rings is 1. The van der Waals surface area contributed by atoms with E-state index in [1.807, 2.05) is 30.3 Å². The number of carboxylic acid groups (broad SMARTS) is 1. The molecule has 0 aliphatic rings. The number of carbonyl (C=O) groups is 2. The van der Waals surface area contributed by atoms with Gasteiger partial charge < -0.3 is 10.4 Å². The molecule has 1 amide bonds. The van der Waals surface area contributed by atoms with Gasteiger partial charge in [-0.1, -0.05) is 35.9 Å². The molecule has 0 aromatic heterocycles. The summed E-state index contributed by atoms with van der Waals surface area (Å²) in [5, 5.41) is 11.6. The molecule has 0 spiro atoms. The van der Waals surface area contributed by atoms with Crippen LogP contribution in [0.5, 0.6) is 0 Å². The standard InChI is InChI=1S/C15H19NO3/c1-11(2)10-14(17)16-13(15(18)19)9-8-12-6-4-3-5-7-12/h3-7,10,13H,8-9H2,1-2H3,(H,16,17)(H,18,19). The average molecular weight is 261 g/mol. The second-order valence-corrected chi connectivity index (χ2v) is 4.65. The Labute approximate surface area is 113 Å². The van der Waals surface area contributed by atoms with Crippen molar-refractivity contribution >= 4 is 11.9 Å². The molecule has 19 heavy (non-hydrogen) atoms. The van der Waals surface area contributed by atoms with E-state index in [2.05, 4.69) is 5.32 Å². The van der Waals surface area contributed by atoms with Gasteiger partial charge >= 0.3 is 5.97 Å². The van der Waals surface area contributed by atoms with Crippen molar-refractivity contribution in [3.63, 3.8) is 0 Å². The Morgan fingerprint density at radius 3 is 2.42 bits per heavy atom. The maximum absolute atomic E-state index is 11.5. The van der Waals surface area contributed by atoms with Crippen LogP contribution < -0.4 is 5.32 Å². The quantitative estimate of drug-likeness (QED) is 0.771.